The Bertz CT molecular complexity index is 998. The second-order valence-corrected chi connectivity index (χ2v) is 9.20. The van der Waals surface area contributed by atoms with E-state index in [2.05, 4.69) is 15.0 Å². The molecule has 27 heavy (non-hydrogen) atoms. The van der Waals surface area contributed by atoms with Gasteiger partial charge in [0.1, 0.15) is 5.69 Å². The number of sulfonamides is 1. The number of benzene rings is 1. The van der Waals surface area contributed by atoms with Gasteiger partial charge in [-0.25, -0.2) is 13.1 Å². The highest BCUT2D eigenvalue weighted by Crippen LogP contribution is 2.21. The average Bonchev–Trinajstić information content (AvgIpc) is 2.80. The van der Waals surface area contributed by atoms with Crippen LogP contribution in [0.5, 0.6) is 0 Å². The van der Waals surface area contributed by atoms with Crippen molar-refractivity contribution in [2.24, 2.45) is 0 Å². The quantitative estimate of drug-likeness (QED) is 0.680. The van der Waals surface area contributed by atoms with E-state index < -0.39 is 21.5 Å². The average molecular weight is 391 g/mol. The molecule has 1 heterocycles. The molecule has 8 heteroatoms. The molecule has 0 aliphatic rings. The van der Waals surface area contributed by atoms with Gasteiger partial charge in [-0.2, -0.15) is 0 Å². The predicted molar refractivity (Wildman–Crippen MR) is 105 cm³/mol. The van der Waals surface area contributed by atoms with Crippen molar-refractivity contribution in [3.63, 3.8) is 0 Å². The van der Waals surface area contributed by atoms with Crippen LogP contribution in [0, 0.1) is 13.8 Å². The SMILES string of the molecule is CC(=O)c1c(C)[nH]c(C(=O)Nc2cccc(S(=O)(=O)NC(C)(C)C)c2)c1C. The third-order valence-electron chi connectivity index (χ3n) is 3.86. The van der Waals surface area contributed by atoms with Gasteiger partial charge in [-0.1, -0.05) is 6.07 Å². The molecule has 0 fully saturated rings. The highest BCUT2D eigenvalue weighted by atomic mass is 32.2. The van der Waals surface area contributed by atoms with Gasteiger partial charge in [-0.3, -0.25) is 9.59 Å². The molecule has 1 amide bonds. The van der Waals surface area contributed by atoms with Crippen LogP contribution in [0.2, 0.25) is 0 Å². The molecule has 0 atom stereocenters. The van der Waals surface area contributed by atoms with Crippen molar-refractivity contribution in [3.05, 3.63) is 46.8 Å². The lowest BCUT2D eigenvalue weighted by Crippen LogP contribution is -2.40. The van der Waals surface area contributed by atoms with Gasteiger partial charge in [-0.15, -0.1) is 0 Å². The van der Waals surface area contributed by atoms with Crippen molar-refractivity contribution in [3.8, 4) is 0 Å². The van der Waals surface area contributed by atoms with Gasteiger partial charge in [-0.05, 0) is 65.3 Å². The third kappa shape index (κ3) is 4.84. The topological polar surface area (TPSA) is 108 Å². The molecule has 0 saturated heterocycles. The second kappa shape index (κ2) is 7.28. The maximum Gasteiger partial charge on any atom is 0.272 e. The molecule has 0 aliphatic carbocycles. The van der Waals surface area contributed by atoms with Gasteiger partial charge in [0.05, 0.1) is 4.90 Å². The van der Waals surface area contributed by atoms with E-state index in [1.807, 2.05) is 0 Å². The number of Topliss-reactive ketones (excluding diaryl/α,β-unsaturated/α-hetero) is 1. The van der Waals surface area contributed by atoms with Crippen molar-refractivity contribution < 1.29 is 18.0 Å². The molecule has 0 unspecified atom stereocenters. The normalized spacial score (nSPS) is 12.1. The summed E-state index contributed by atoms with van der Waals surface area (Å²) >= 11 is 0. The Morgan fingerprint density at radius 1 is 1.11 bits per heavy atom. The van der Waals surface area contributed by atoms with Crippen molar-refractivity contribution in [2.75, 3.05) is 5.32 Å². The Morgan fingerprint density at radius 3 is 2.26 bits per heavy atom. The molecule has 146 valence electrons. The lowest BCUT2D eigenvalue weighted by Gasteiger charge is -2.20. The Hall–Kier alpha value is -2.45. The number of aromatic amines is 1. The number of rotatable bonds is 5. The highest BCUT2D eigenvalue weighted by molar-refractivity contribution is 7.89. The molecule has 1 aromatic heterocycles. The van der Waals surface area contributed by atoms with E-state index in [1.165, 1.54) is 19.1 Å². The zero-order chi connectivity index (χ0) is 20.6. The van der Waals surface area contributed by atoms with Crippen LogP contribution in [0.25, 0.3) is 0 Å². The number of hydrogen-bond donors (Lipinski definition) is 3. The summed E-state index contributed by atoms with van der Waals surface area (Å²) in [6.45, 7) is 10.1. The molecule has 3 N–H and O–H groups in total. The van der Waals surface area contributed by atoms with E-state index >= 15 is 0 Å². The highest BCUT2D eigenvalue weighted by Gasteiger charge is 2.23. The Labute approximate surface area is 159 Å². The van der Waals surface area contributed by atoms with E-state index in [4.69, 9.17) is 0 Å². The number of nitrogens with one attached hydrogen (secondary N) is 3. The minimum Gasteiger partial charge on any atom is -0.354 e. The Morgan fingerprint density at radius 2 is 1.74 bits per heavy atom. The first kappa shape index (κ1) is 20.9. The van der Waals surface area contributed by atoms with Crippen LogP contribution < -0.4 is 10.0 Å². The van der Waals surface area contributed by atoms with Crippen molar-refractivity contribution in [2.45, 2.75) is 52.0 Å². The molecule has 1 aromatic carbocycles. The van der Waals surface area contributed by atoms with E-state index in [0.29, 0.717) is 22.5 Å². The largest absolute Gasteiger partial charge is 0.354 e. The summed E-state index contributed by atoms with van der Waals surface area (Å²) in [4.78, 5) is 27.3. The molecule has 0 bridgehead atoms. The van der Waals surface area contributed by atoms with Crippen LogP contribution in [0.15, 0.2) is 29.2 Å². The number of amides is 1. The second-order valence-electron chi connectivity index (χ2n) is 7.52. The molecule has 2 rings (SSSR count). The maximum atomic E-state index is 12.6. The molecule has 2 aromatic rings. The van der Waals surface area contributed by atoms with Crippen molar-refractivity contribution >= 4 is 27.4 Å². The smallest absolute Gasteiger partial charge is 0.272 e. The Balaban J connectivity index is 2.31. The van der Waals surface area contributed by atoms with Gasteiger partial charge < -0.3 is 10.3 Å². The van der Waals surface area contributed by atoms with E-state index in [-0.39, 0.29) is 16.4 Å². The maximum absolute atomic E-state index is 12.6. The van der Waals surface area contributed by atoms with Crippen molar-refractivity contribution in [1.29, 1.82) is 0 Å². The van der Waals surface area contributed by atoms with Gasteiger partial charge in [0, 0.05) is 22.5 Å². The van der Waals surface area contributed by atoms with Crippen LogP contribution in [0.3, 0.4) is 0 Å². The number of anilines is 1. The minimum absolute atomic E-state index is 0.0547. The van der Waals surface area contributed by atoms with Gasteiger partial charge in [0.2, 0.25) is 10.0 Å². The van der Waals surface area contributed by atoms with E-state index in [1.54, 1.807) is 46.8 Å². The summed E-state index contributed by atoms with van der Waals surface area (Å²) in [5, 5.41) is 2.68. The fraction of sp³-hybridized carbons (Fsp3) is 0.368. The molecule has 0 aliphatic heterocycles. The third-order valence-corrected chi connectivity index (χ3v) is 5.62. The monoisotopic (exact) mass is 391 g/mol. The summed E-state index contributed by atoms with van der Waals surface area (Å²) in [5.74, 6) is -0.567. The summed E-state index contributed by atoms with van der Waals surface area (Å²) in [7, 11) is -3.72. The van der Waals surface area contributed by atoms with Gasteiger partial charge >= 0.3 is 0 Å². The molecular formula is C19H25N3O4S. The number of aromatic nitrogens is 1. The molecule has 0 radical (unpaired) electrons. The molecule has 0 spiro atoms. The number of H-pyrrole nitrogens is 1. The number of aryl methyl sites for hydroxylation is 1. The molecular weight excluding hydrogens is 366 g/mol. The predicted octanol–water partition coefficient (Wildman–Crippen LogP) is 3.16. The van der Waals surface area contributed by atoms with E-state index in [0.717, 1.165) is 0 Å². The standard InChI is InChI=1S/C19H25N3O4S/c1-11-16(13(3)23)12(2)20-17(11)18(24)21-14-8-7-9-15(10-14)27(25,26)22-19(4,5)6/h7-10,20,22H,1-6H3,(H,21,24). The first-order valence-corrected chi connectivity index (χ1v) is 9.95. The van der Waals surface area contributed by atoms with Crippen LogP contribution in [0.1, 0.15) is 59.8 Å². The van der Waals surface area contributed by atoms with Gasteiger partial charge in [0.25, 0.3) is 5.91 Å². The summed E-state index contributed by atoms with van der Waals surface area (Å²) < 4.78 is 27.5. The van der Waals surface area contributed by atoms with Crippen LogP contribution in [-0.2, 0) is 10.0 Å². The zero-order valence-corrected chi connectivity index (χ0v) is 17.2. The number of hydrogen-bond acceptors (Lipinski definition) is 4. The van der Waals surface area contributed by atoms with Gasteiger partial charge in [0.15, 0.2) is 5.78 Å². The first-order chi connectivity index (χ1) is 12.3. The van der Waals surface area contributed by atoms with Crippen molar-refractivity contribution in [1.82, 2.24) is 9.71 Å². The molecule has 7 nitrogen and oxygen atoms in total. The number of carbonyl (C=O) groups is 2. The lowest BCUT2D eigenvalue weighted by molar-refractivity contribution is 0.101. The first-order valence-electron chi connectivity index (χ1n) is 8.47. The lowest BCUT2D eigenvalue weighted by atomic mass is 10.1. The number of carbonyl (C=O) groups excluding carboxylic acids is 2. The van der Waals surface area contributed by atoms with Crippen LogP contribution >= 0.6 is 0 Å². The van der Waals surface area contributed by atoms with E-state index in [9.17, 15) is 18.0 Å². The summed E-state index contributed by atoms with van der Waals surface area (Å²) in [6, 6.07) is 6.01. The minimum atomic E-state index is -3.72. The fourth-order valence-corrected chi connectivity index (χ4v) is 4.37. The zero-order valence-electron chi connectivity index (χ0n) is 16.4. The van der Waals surface area contributed by atoms with Crippen LogP contribution in [0.4, 0.5) is 5.69 Å². The van der Waals surface area contributed by atoms with Crippen LogP contribution in [-0.4, -0.2) is 30.6 Å². The summed E-state index contributed by atoms with van der Waals surface area (Å²) in [5.41, 5.74) is 1.67. The molecule has 0 saturated carbocycles. The Kier molecular flexibility index (Phi) is 5.63. The fourth-order valence-electron chi connectivity index (χ4n) is 2.90. The summed E-state index contributed by atoms with van der Waals surface area (Å²) in [6.07, 6.45) is 0. The number of ketones is 1.